The average molecular weight is 342 g/mol. The van der Waals surface area contributed by atoms with E-state index in [1.165, 1.54) is 5.69 Å². The van der Waals surface area contributed by atoms with Gasteiger partial charge < -0.3 is 14.2 Å². The quantitative estimate of drug-likeness (QED) is 0.837. The summed E-state index contributed by atoms with van der Waals surface area (Å²) in [6.07, 6.45) is 3.99. The molecular formula is C18H22N4OS. The average Bonchev–Trinajstić information content (AvgIpc) is 3.27. The fourth-order valence-corrected chi connectivity index (χ4v) is 4.62. The molecule has 0 aromatic carbocycles. The van der Waals surface area contributed by atoms with Crippen LogP contribution in [0.2, 0.25) is 0 Å². The van der Waals surface area contributed by atoms with Crippen molar-refractivity contribution in [3.05, 3.63) is 54.1 Å². The van der Waals surface area contributed by atoms with E-state index in [1.807, 2.05) is 30.1 Å². The Bertz CT molecular complexity index is 730. The molecule has 0 radical (unpaired) electrons. The number of hydrogen-bond acceptors (Lipinski definition) is 5. The van der Waals surface area contributed by atoms with Gasteiger partial charge in [0.15, 0.2) is 5.17 Å². The molecule has 6 heteroatoms. The molecule has 3 atom stereocenters. The Morgan fingerprint density at radius 2 is 2.21 bits per heavy atom. The lowest BCUT2D eigenvalue weighted by molar-refractivity contribution is 0.184. The number of ether oxygens (including phenoxy) is 1. The third-order valence-corrected chi connectivity index (χ3v) is 5.69. The van der Waals surface area contributed by atoms with E-state index in [1.54, 1.807) is 7.11 Å². The molecule has 2 aromatic rings. The highest BCUT2D eigenvalue weighted by molar-refractivity contribution is 8.14. The largest absolute Gasteiger partial charge is 0.383 e. The van der Waals surface area contributed by atoms with Crippen LogP contribution < -0.4 is 0 Å². The molecule has 0 amide bonds. The van der Waals surface area contributed by atoms with Crippen molar-refractivity contribution >= 4 is 16.9 Å². The molecule has 2 aliphatic heterocycles. The van der Waals surface area contributed by atoms with Gasteiger partial charge >= 0.3 is 0 Å². The molecule has 1 fully saturated rings. The first-order chi connectivity index (χ1) is 11.8. The van der Waals surface area contributed by atoms with Crippen molar-refractivity contribution < 1.29 is 4.74 Å². The second-order valence-electron chi connectivity index (χ2n) is 6.26. The lowest BCUT2D eigenvalue weighted by Crippen LogP contribution is -2.30. The standard InChI is InChI=1S/C18H22N4OS/c1-13-12-22-17(15-7-5-9-21(15)10-11-23-2)16(20-18(22)24-13)14-6-3-4-8-19-14/h3-9,13,16-17H,10-12H2,1-2H3/t13-,16+,17+/m0/s1. The molecule has 24 heavy (non-hydrogen) atoms. The van der Waals surface area contributed by atoms with Gasteiger partial charge in [0.25, 0.3) is 0 Å². The SMILES string of the molecule is COCCn1cccc1[C@@H]1[C@@H](c2ccccn2)N=C2S[C@@H](C)CN21. The molecule has 0 unspecified atom stereocenters. The number of nitrogens with zero attached hydrogens (tertiary/aromatic N) is 4. The van der Waals surface area contributed by atoms with E-state index in [4.69, 9.17) is 9.73 Å². The van der Waals surface area contributed by atoms with E-state index in [2.05, 4.69) is 45.8 Å². The highest BCUT2D eigenvalue weighted by atomic mass is 32.2. The van der Waals surface area contributed by atoms with Gasteiger partial charge in [-0.3, -0.25) is 9.98 Å². The summed E-state index contributed by atoms with van der Waals surface area (Å²) in [6.45, 7) is 4.87. The summed E-state index contributed by atoms with van der Waals surface area (Å²) < 4.78 is 7.56. The van der Waals surface area contributed by atoms with Crippen molar-refractivity contribution in [2.45, 2.75) is 30.8 Å². The summed E-state index contributed by atoms with van der Waals surface area (Å²) >= 11 is 1.87. The smallest absolute Gasteiger partial charge is 0.160 e. The number of aliphatic imine (C=N–C) groups is 1. The molecule has 0 N–H and O–H groups in total. The minimum absolute atomic E-state index is 0.0531. The van der Waals surface area contributed by atoms with Crippen LogP contribution in [0, 0.1) is 0 Å². The summed E-state index contributed by atoms with van der Waals surface area (Å²) in [4.78, 5) is 12.1. The molecule has 0 bridgehead atoms. The van der Waals surface area contributed by atoms with Gasteiger partial charge in [-0.05, 0) is 24.3 Å². The fraction of sp³-hybridized carbons (Fsp3) is 0.444. The van der Waals surface area contributed by atoms with E-state index in [-0.39, 0.29) is 12.1 Å². The number of thioether (sulfide) groups is 1. The number of methoxy groups -OCH3 is 1. The molecule has 126 valence electrons. The second kappa shape index (κ2) is 6.61. The third-order valence-electron chi connectivity index (χ3n) is 4.59. The number of rotatable bonds is 5. The highest BCUT2D eigenvalue weighted by Crippen LogP contribution is 2.47. The Kier molecular flexibility index (Phi) is 4.33. The van der Waals surface area contributed by atoms with Crippen LogP contribution in [0.5, 0.6) is 0 Å². The molecule has 4 heterocycles. The molecule has 4 rings (SSSR count). The lowest BCUT2D eigenvalue weighted by atomic mass is 10.0. The summed E-state index contributed by atoms with van der Waals surface area (Å²) in [7, 11) is 1.75. The van der Waals surface area contributed by atoms with Crippen LogP contribution >= 0.6 is 11.8 Å². The first kappa shape index (κ1) is 15.7. The number of hydrogen-bond donors (Lipinski definition) is 0. The Morgan fingerprint density at radius 1 is 1.29 bits per heavy atom. The van der Waals surface area contributed by atoms with Gasteiger partial charge in [-0.2, -0.15) is 0 Å². The van der Waals surface area contributed by atoms with E-state index < -0.39 is 0 Å². The zero-order chi connectivity index (χ0) is 16.5. The van der Waals surface area contributed by atoms with Crippen molar-refractivity contribution in [3.63, 3.8) is 0 Å². The highest BCUT2D eigenvalue weighted by Gasteiger charge is 2.44. The summed E-state index contributed by atoms with van der Waals surface area (Å²) in [5.74, 6) is 0. The Balaban J connectivity index is 1.72. The van der Waals surface area contributed by atoms with Gasteiger partial charge in [0.05, 0.1) is 18.3 Å². The van der Waals surface area contributed by atoms with E-state index >= 15 is 0 Å². The molecule has 2 aliphatic rings. The molecule has 5 nitrogen and oxygen atoms in total. The van der Waals surface area contributed by atoms with Crippen LogP contribution in [0.4, 0.5) is 0 Å². The van der Waals surface area contributed by atoms with Crippen LogP contribution in [-0.4, -0.2) is 45.1 Å². The maximum atomic E-state index is 5.27. The maximum absolute atomic E-state index is 5.27. The zero-order valence-electron chi connectivity index (χ0n) is 14.0. The summed E-state index contributed by atoms with van der Waals surface area (Å²) in [5.41, 5.74) is 2.33. The zero-order valence-corrected chi connectivity index (χ0v) is 14.8. The predicted molar refractivity (Wildman–Crippen MR) is 97.2 cm³/mol. The molecule has 0 spiro atoms. The van der Waals surface area contributed by atoms with Crippen LogP contribution in [0.25, 0.3) is 0 Å². The normalized spacial score (nSPS) is 25.8. The monoisotopic (exact) mass is 342 g/mol. The fourth-order valence-electron chi connectivity index (χ4n) is 3.53. The number of fused-ring (bicyclic) bond motifs is 1. The van der Waals surface area contributed by atoms with Gasteiger partial charge in [0, 0.05) is 43.5 Å². The van der Waals surface area contributed by atoms with E-state index in [9.17, 15) is 0 Å². The molecule has 0 saturated carbocycles. The van der Waals surface area contributed by atoms with Crippen molar-refractivity contribution in [2.75, 3.05) is 20.3 Å². The lowest BCUT2D eigenvalue weighted by Gasteiger charge is -2.28. The third kappa shape index (κ3) is 2.74. The van der Waals surface area contributed by atoms with Crippen LogP contribution in [0.3, 0.4) is 0 Å². The van der Waals surface area contributed by atoms with Gasteiger partial charge in [0.1, 0.15) is 6.04 Å². The Labute approximate surface area is 146 Å². The molecule has 1 saturated heterocycles. The van der Waals surface area contributed by atoms with Crippen molar-refractivity contribution in [3.8, 4) is 0 Å². The molecular weight excluding hydrogens is 320 g/mol. The van der Waals surface area contributed by atoms with Crippen molar-refractivity contribution in [2.24, 2.45) is 4.99 Å². The first-order valence-electron chi connectivity index (χ1n) is 8.34. The van der Waals surface area contributed by atoms with Gasteiger partial charge in [0.2, 0.25) is 0 Å². The minimum Gasteiger partial charge on any atom is -0.383 e. The van der Waals surface area contributed by atoms with Gasteiger partial charge in [-0.25, -0.2) is 0 Å². The maximum Gasteiger partial charge on any atom is 0.160 e. The van der Waals surface area contributed by atoms with Crippen LogP contribution in [0.1, 0.15) is 30.4 Å². The Morgan fingerprint density at radius 3 is 3.00 bits per heavy atom. The molecule has 2 aromatic heterocycles. The predicted octanol–water partition coefficient (Wildman–Crippen LogP) is 3.12. The van der Waals surface area contributed by atoms with Crippen molar-refractivity contribution in [1.82, 2.24) is 14.5 Å². The topological polar surface area (TPSA) is 42.6 Å². The molecule has 0 aliphatic carbocycles. The number of amidine groups is 1. The second-order valence-corrected chi connectivity index (χ2v) is 7.66. The number of aromatic nitrogens is 2. The number of pyridine rings is 1. The van der Waals surface area contributed by atoms with Crippen LogP contribution in [-0.2, 0) is 11.3 Å². The minimum atomic E-state index is 0.0531. The Hall–Kier alpha value is -1.79. The van der Waals surface area contributed by atoms with E-state index in [0.717, 1.165) is 24.0 Å². The summed E-state index contributed by atoms with van der Waals surface area (Å²) in [6, 6.07) is 10.7. The van der Waals surface area contributed by atoms with Gasteiger partial charge in [-0.15, -0.1) is 0 Å². The van der Waals surface area contributed by atoms with E-state index in [0.29, 0.717) is 11.9 Å². The first-order valence-corrected chi connectivity index (χ1v) is 9.22. The summed E-state index contributed by atoms with van der Waals surface area (Å²) in [5, 5.41) is 1.74. The van der Waals surface area contributed by atoms with Crippen molar-refractivity contribution in [1.29, 1.82) is 0 Å². The van der Waals surface area contributed by atoms with Crippen LogP contribution in [0.15, 0.2) is 47.7 Å². The van der Waals surface area contributed by atoms with Gasteiger partial charge in [-0.1, -0.05) is 24.8 Å².